The molecule has 0 aliphatic carbocycles. The van der Waals surface area contributed by atoms with Crippen LogP contribution in [0.3, 0.4) is 0 Å². The fraction of sp³-hybridized carbons (Fsp3) is 0.700. The topological polar surface area (TPSA) is 75.4 Å². The van der Waals surface area contributed by atoms with Crippen LogP contribution in [0.4, 0.5) is 0 Å². The van der Waals surface area contributed by atoms with E-state index in [1.807, 2.05) is 6.92 Å². The van der Waals surface area contributed by atoms with E-state index in [4.69, 9.17) is 5.11 Å². The Morgan fingerprint density at radius 3 is 2.53 bits per heavy atom. The molecule has 0 saturated carbocycles. The zero-order chi connectivity index (χ0) is 13.1. The third-order valence-electron chi connectivity index (χ3n) is 2.60. The van der Waals surface area contributed by atoms with E-state index in [1.165, 1.54) is 10.5 Å². The maximum Gasteiger partial charge on any atom is 0.262 e. The second-order valence-corrected chi connectivity index (χ2v) is 5.52. The first kappa shape index (κ1) is 14.1. The van der Waals surface area contributed by atoms with Crippen molar-refractivity contribution in [2.24, 2.45) is 0 Å². The summed E-state index contributed by atoms with van der Waals surface area (Å²) in [7, 11) is -3.58. The molecule has 98 valence electrons. The number of aliphatic hydroxyl groups excluding tert-OH is 1. The number of aromatic nitrogens is 2. The first-order valence-corrected chi connectivity index (χ1v) is 7.06. The Morgan fingerprint density at radius 2 is 2.12 bits per heavy atom. The monoisotopic (exact) mass is 261 g/mol. The van der Waals surface area contributed by atoms with Crippen LogP contribution in [0.1, 0.15) is 19.7 Å². The quantitative estimate of drug-likeness (QED) is 0.794. The molecular formula is C10H19N3O3S. The normalized spacial score (nSPS) is 12.3. The Kier molecular flexibility index (Phi) is 4.67. The third kappa shape index (κ3) is 2.85. The van der Waals surface area contributed by atoms with Gasteiger partial charge in [-0.05, 0) is 13.8 Å². The van der Waals surface area contributed by atoms with Gasteiger partial charge in [-0.1, -0.05) is 6.92 Å². The highest BCUT2D eigenvalue weighted by atomic mass is 32.2. The highest BCUT2D eigenvalue weighted by Crippen LogP contribution is 2.14. The summed E-state index contributed by atoms with van der Waals surface area (Å²) >= 11 is 0. The lowest BCUT2D eigenvalue weighted by atomic mass is 10.6. The van der Waals surface area contributed by atoms with E-state index in [2.05, 4.69) is 4.98 Å². The lowest BCUT2D eigenvalue weighted by molar-refractivity contribution is 0.257. The molecule has 1 aromatic heterocycles. The van der Waals surface area contributed by atoms with E-state index in [0.29, 0.717) is 18.9 Å². The van der Waals surface area contributed by atoms with Gasteiger partial charge in [0.05, 0.1) is 6.61 Å². The van der Waals surface area contributed by atoms with Crippen LogP contribution in [-0.4, -0.2) is 47.1 Å². The van der Waals surface area contributed by atoms with Crippen LogP contribution in [0.5, 0.6) is 0 Å². The van der Waals surface area contributed by atoms with Gasteiger partial charge < -0.3 is 9.67 Å². The molecule has 1 heterocycles. The molecular weight excluding hydrogens is 242 g/mol. The van der Waals surface area contributed by atoms with Gasteiger partial charge in [-0.3, -0.25) is 0 Å². The lowest BCUT2D eigenvalue weighted by Crippen LogP contribution is -2.33. The molecule has 0 saturated heterocycles. The smallest absolute Gasteiger partial charge is 0.262 e. The van der Waals surface area contributed by atoms with Crippen molar-refractivity contribution in [2.45, 2.75) is 32.3 Å². The van der Waals surface area contributed by atoms with Gasteiger partial charge in [-0.2, -0.15) is 4.31 Å². The largest absolute Gasteiger partial charge is 0.395 e. The van der Waals surface area contributed by atoms with Crippen LogP contribution < -0.4 is 0 Å². The maximum absolute atomic E-state index is 12.2. The molecule has 7 heteroatoms. The fourth-order valence-corrected chi connectivity index (χ4v) is 3.05. The Labute approximate surface area is 102 Å². The minimum atomic E-state index is -3.58. The van der Waals surface area contributed by atoms with Crippen molar-refractivity contribution < 1.29 is 13.5 Å². The SMILES string of the molecule is CCN(CCO)S(=O)(=O)c1cn(CC)c(C)n1. The number of sulfonamides is 1. The molecule has 0 aliphatic heterocycles. The van der Waals surface area contributed by atoms with Gasteiger partial charge in [-0.25, -0.2) is 13.4 Å². The van der Waals surface area contributed by atoms with E-state index in [0.717, 1.165) is 0 Å². The van der Waals surface area contributed by atoms with Gasteiger partial charge in [-0.15, -0.1) is 0 Å². The summed E-state index contributed by atoms with van der Waals surface area (Å²) < 4.78 is 27.3. The summed E-state index contributed by atoms with van der Waals surface area (Å²) in [5, 5.41) is 8.90. The summed E-state index contributed by atoms with van der Waals surface area (Å²) in [6.07, 6.45) is 1.53. The molecule has 6 nitrogen and oxygen atoms in total. The number of rotatable bonds is 6. The molecule has 1 aromatic rings. The Balaban J connectivity index is 3.11. The highest BCUT2D eigenvalue weighted by molar-refractivity contribution is 7.89. The Hall–Kier alpha value is -0.920. The summed E-state index contributed by atoms with van der Waals surface area (Å²) in [6, 6.07) is 0. The molecule has 1 rings (SSSR count). The van der Waals surface area contributed by atoms with Crippen molar-refractivity contribution >= 4 is 10.0 Å². The number of nitrogens with zero attached hydrogens (tertiary/aromatic N) is 3. The van der Waals surface area contributed by atoms with Crippen LogP contribution in [0, 0.1) is 6.92 Å². The van der Waals surface area contributed by atoms with Gasteiger partial charge in [0, 0.05) is 25.8 Å². The Bertz CT molecular complexity index is 467. The summed E-state index contributed by atoms with van der Waals surface area (Å²) in [5.41, 5.74) is 0. The van der Waals surface area contributed by atoms with E-state index < -0.39 is 10.0 Å². The zero-order valence-electron chi connectivity index (χ0n) is 10.4. The number of aliphatic hydroxyl groups is 1. The molecule has 0 amide bonds. The van der Waals surface area contributed by atoms with Gasteiger partial charge in [0.25, 0.3) is 10.0 Å². The van der Waals surface area contributed by atoms with E-state index in [-0.39, 0.29) is 18.2 Å². The van der Waals surface area contributed by atoms with Crippen molar-refractivity contribution in [1.82, 2.24) is 13.9 Å². The van der Waals surface area contributed by atoms with Crippen molar-refractivity contribution in [2.75, 3.05) is 19.7 Å². The average Bonchev–Trinajstić information content (AvgIpc) is 2.67. The minimum Gasteiger partial charge on any atom is -0.395 e. The molecule has 0 bridgehead atoms. The van der Waals surface area contributed by atoms with Crippen LogP contribution in [0.25, 0.3) is 0 Å². The Morgan fingerprint density at radius 1 is 1.47 bits per heavy atom. The van der Waals surface area contributed by atoms with Crippen LogP contribution in [0.2, 0.25) is 0 Å². The number of hydrogen-bond donors (Lipinski definition) is 1. The number of imidazole rings is 1. The first-order valence-electron chi connectivity index (χ1n) is 5.62. The first-order chi connectivity index (χ1) is 7.97. The standard InChI is InChI=1S/C10H19N3O3S/c1-4-12-8-10(11-9(12)3)17(15,16)13(5-2)6-7-14/h8,14H,4-7H2,1-3H3. The predicted octanol–water partition coefficient (Wildman–Crippen LogP) is 0.214. The molecule has 1 N–H and O–H groups in total. The number of likely N-dealkylation sites (N-methyl/N-ethyl adjacent to an activating group) is 1. The van der Waals surface area contributed by atoms with Crippen LogP contribution in [0.15, 0.2) is 11.2 Å². The van der Waals surface area contributed by atoms with Crippen molar-refractivity contribution in [3.63, 3.8) is 0 Å². The van der Waals surface area contributed by atoms with Crippen molar-refractivity contribution in [1.29, 1.82) is 0 Å². The van der Waals surface area contributed by atoms with Gasteiger partial charge in [0.15, 0.2) is 5.03 Å². The average molecular weight is 261 g/mol. The number of aryl methyl sites for hydroxylation is 2. The molecule has 0 fully saturated rings. The highest BCUT2D eigenvalue weighted by Gasteiger charge is 2.25. The molecule has 0 aromatic carbocycles. The molecule has 0 spiro atoms. The van der Waals surface area contributed by atoms with E-state index in [9.17, 15) is 8.42 Å². The summed E-state index contributed by atoms with van der Waals surface area (Å²) in [6.45, 7) is 6.33. The molecule has 0 radical (unpaired) electrons. The zero-order valence-corrected chi connectivity index (χ0v) is 11.2. The molecule has 0 aliphatic rings. The second kappa shape index (κ2) is 5.61. The molecule has 0 unspecified atom stereocenters. The minimum absolute atomic E-state index is 0.0483. The van der Waals surface area contributed by atoms with Gasteiger partial charge in [0.1, 0.15) is 5.82 Å². The van der Waals surface area contributed by atoms with E-state index >= 15 is 0 Å². The maximum atomic E-state index is 12.2. The summed E-state index contributed by atoms with van der Waals surface area (Å²) in [4.78, 5) is 4.06. The van der Waals surface area contributed by atoms with Gasteiger partial charge >= 0.3 is 0 Å². The van der Waals surface area contributed by atoms with Gasteiger partial charge in [0.2, 0.25) is 0 Å². The second-order valence-electron chi connectivity index (χ2n) is 3.63. The fourth-order valence-electron chi connectivity index (χ4n) is 1.62. The van der Waals surface area contributed by atoms with Crippen LogP contribution >= 0.6 is 0 Å². The summed E-state index contributed by atoms with van der Waals surface area (Å²) in [5.74, 6) is 0.672. The number of hydrogen-bond acceptors (Lipinski definition) is 4. The van der Waals surface area contributed by atoms with E-state index in [1.54, 1.807) is 18.4 Å². The van der Waals surface area contributed by atoms with Crippen molar-refractivity contribution in [3.05, 3.63) is 12.0 Å². The third-order valence-corrected chi connectivity index (χ3v) is 4.45. The molecule has 0 atom stereocenters. The lowest BCUT2D eigenvalue weighted by Gasteiger charge is -2.17. The molecule has 17 heavy (non-hydrogen) atoms. The van der Waals surface area contributed by atoms with Crippen molar-refractivity contribution in [3.8, 4) is 0 Å². The van der Waals surface area contributed by atoms with Crippen LogP contribution in [-0.2, 0) is 16.6 Å². The predicted molar refractivity (Wildman–Crippen MR) is 64.2 cm³/mol.